The van der Waals surface area contributed by atoms with E-state index in [-0.39, 0.29) is 11.9 Å². The molecule has 0 saturated carbocycles. The number of aryl methyl sites for hydroxylation is 1. The minimum atomic E-state index is -0.588. The summed E-state index contributed by atoms with van der Waals surface area (Å²) in [5, 5.41) is 17.0. The third kappa shape index (κ3) is 4.68. The molecule has 2 aliphatic heterocycles. The Bertz CT molecular complexity index is 592. The van der Waals surface area contributed by atoms with E-state index in [4.69, 9.17) is 4.74 Å². The quantitative estimate of drug-likeness (QED) is 0.675. The van der Waals surface area contributed by atoms with Crippen molar-refractivity contribution in [1.82, 2.24) is 15.5 Å². The number of aliphatic hydroxyl groups is 1. The summed E-state index contributed by atoms with van der Waals surface area (Å²) in [5.41, 5.74) is 0.661. The monoisotopic (exact) mass is 361 g/mol. The summed E-state index contributed by atoms with van der Waals surface area (Å²) in [6.07, 6.45) is 3.30. The highest BCUT2D eigenvalue weighted by Crippen LogP contribution is 2.32. The third-order valence-corrected chi connectivity index (χ3v) is 5.58. The summed E-state index contributed by atoms with van der Waals surface area (Å²) in [6.45, 7) is 6.24. The van der Waals surface area contributed by atoms with Gasteiger partial charge in [0.2, 0.25) is 0 Å². The molecule has 0 unspecified atom stereocenters. The number of amides is 2. The highest BCUT2D eigenvalue weighted by atomic mass is 16.5. The van der Waals surface area contributed by atoms with E-state index in [1.54, 1.807) is 0 Å². The van der Waals surface area contributed by atoms with Gasteiger partial charge in [0.05, 0.1) is 12.2 Å². The lowest BCUT2D eigenvalue weighted by Crippen LogP contribution is -2.61. The Morgan fingerprint density at radius 2 is 2.19 bits per heavy atom. The molecule has 1 aromatic carbocycles. The van der Waals surface area contributed by atoms with Crippen LogP contribution in [0.4, 0.5) is 4.79 Å². The molecule has 2 atom stereocenters. The number of rotatable bonds is 6. The second-order valence-electron chi connectivity index (χ2n) is 7.36. The van der Waals surface area contributed by atoms with E-state index in [0.29, 0.717) is 32.7 Å². The predicted molar refractivity (Wildman–Crippen MR) is 101 cm³/mol. The zero-order valence-electron chi connectivity index (χ0n) is 15.7. The lowest BCUT2D eigenvalue weighted by atomic mass is 9.76. The molecule has 0 aromatic heterocycles. The minimum Gasteiger partial charge on any atom is -0.494 e. The number of fused-ring (bicyclic) bond motifs is 1. The fourth-order valence-corrected chi connectivity index (χ4v) is 3.93. The molecule has 6 nitrogen and oxygen atoms in total. The van der Waals surface area contributed by atoms with Gasteiger partial charge in [-0.05, 0) is 56.8 Å². The Balaban J connectivity index is 1.37. The Kier molecular flexibility index (Phi) is 6.38. The second kappa shape index (κ2) is 8.73. The second-order valence-corrected chi connectivity index (χ2v) is 7.36. The first-order valence-corrected chi connectivity index (χ1v) is 9.78. The molecule has 2 heterocycles. The van der Waals surface area contributed by atoms with Crippen LogP contribution < -0.4 is 15.4 Å². The van der Waals surface area contributed by atoms with E-state index in [2.05, 4.69) is 22.8 Å². The molecule has 2 fully saturated rings. The van der Waals surface area contributed by atoms with Gasteiger partial charge in [-0.2, -0.15) is 0 Å². The number of hydrogen-bond acceptors (Lipinski definition) is 4. The van der Waals surface area contributed by atoms with Crippen LogP contribution in [0, 0.1) is 5.92 Å². The van der Waals surface area contributed by atoms with Gasteiger partial charge in [0.1, 0.15) is 5.75 Å². The summed E-state index contributed by atoms with van der Waals surface area (Å²) in [6, 6.07) is 8.13. The van der Waals surface area contributed by atoms with Crippen molar-refractivity contribution in [3.8, 4) is 5.75 Å². The number of hydrogen-bond donors (Lipinski definition) is 3. The number of urea groups is 1. The van der Waals surface area contributed by atoms with E-state index in [1.165, 1.54) is 5.56 Å². The van der Waals surface area contributed by atoms with Gasteiger partial charge in [0, 0.05) is 32.1 Å². The van der Waals surface area contributed by atoms with Gasteiger partial charge in [-0.1, -0.05) is 12.1 Å². The van der Waals surface area contributed by atoms with E-state index in [0.717, 1.165) is 38.1 Å². The van der Waals surface area contributed by atoms with Crippen LogP contribution in [0.25, 0.3) is 0 Å². The summed E-state index contributed by atoms with van der Waals surface area (Å²) in [7, 11) is 0. The number of benzene rings is 1. The molecule has 3 rings (SSSR count). The fourth-order valence-electron chi connectivity index (χ4n) is 3.93. The van der Waals surface area contributed by atoms with Gasteiger partial charge >= 0.3 is 6.03 Å². The number of nitrogens with zero attached hydrogens (tertiary/aromatic N) is 1. The van der Waals surface area contributed by atoms with Crippen LogP contribution >= 0.6 is 0 Å². The average Bonchev–Trinajstić information content (AvgIpc) is 2.66. The maximum atomic E-state index is 12.4. The van der Waals surface area contributed by atoms with Gasteiger partial charge in [0.25, 0.3) is 0 Å². The molecule has 26 heavy (non-hydrogen) atoms. The Morgan fingerprint density at radius 3 is 2.96 bits per heavy atom. The van der Waals surface area contributed by atoms with Crippen LogP contribution in [0.15, 0.2) is 24.3 Å². The third-order valence-electron chi connectivity index (χ3n) is 5.58. The van der Waals surface area contributed by atoms with E-state index in [9.17, 15) is 9.90 Å². The maximum absolute atomic E-state index is 12.4. The topological polar surface area (TPSA) is 73.8 Å². The molecule has 2 amide bonds. The standard InChI is InChI=1S/C20H31N3O3/c1-2-26-18-7-5-16(6-8-18)4-3-11-22-19(24)23-13-10-20(25)9-12-21-14-17(20)15-23/h5-8,17,21,25H,2-4,9-15H2,1H3,(H,22,24)/t17-,20-/m0/s1. The Hall–Kier alpha value is -1.79. The number of nitrogens with one attached hydrogen (secondary N) is 2. The zero-order valence-corrected chi connectivity index (χ0v) is 15.7. The average molecular weight is 361 g/mol. The zero-order chi connectivity index (χ0) is 18.4. The van der Waals surface area contributed by atoms with Crippen molar-refractivity contribution in [2.45, 2.75) is 38.2 Å². The van der Waals surface area contributed by atoms with E-state index in [1.807, 2.05) is 24.0 Å². The highest BCUT2D eigenvalue weighted by molar-refractivity contribution is 5.74. The molecule has 1 aromatic rings. The van der Waals surface area contributed by atoms with Crippen LogP contribution in [0.5, 0.6) is 5.75 Å². The highest BCUT2D eigenvalue weighted by Gasteiger charge is 2.43. The number of likely N-dealkylation sites (tertiary alicyclic amines) is 1. The van der Waals surface area contributed by atoms with Crippen molar-refractivity contribution in [1.29, 1.82) is 0 Å². The van der Waals surface area contributed by atoms with Crippen molar-refractivity contribution < 1.29 is 14.6 Å². The fraction of sp³-hybridized carbons (Fsp3) is 0.650. The van der Waals surface area contributed by atoms with Gasteiger partial charge < -0.3 is 25.4 Å². The molecule has 6 heteroatoms. The van der Waals surface area contributed by atoms with Gasteiger partial charge in [-0.15, -0.1) is 0 Å². The molecule has 0 aliphatic carbocycles. The predicted octanol–water partition coefficient (Wildman–Crippen LogP) is 1.77. The van der Waals surface area contributed by atoms with Crippen LogP contribution in [0.2, 0.25) is 0 Å². The summed E-state index contributed by atoms with van der Waals surface area (Å²) < 4.78 is 5.45. The molecule has 0 spiro atoms. The molecule has 2 saturated heterocycles. The van der Waals surface area contributed by atoms with Gasteiger partial charge in [-0.3, -0.25) is 0 Å². The van der Waals surface area contributed by atoms with Crippen molar-refractivity contribution in [3.05, 3.63) is 29.8 Å². The number of ether oxygens (including phenoxy) is 1. The van der Waals surface area contributed by atoms with Crippen LogP contribution in [-0.4, -0.2) is 61.0 Å². The molecular formula is C20H31N3O3. The number of carbonyl (C=O) groups is 1. The Morgan fingerprint density at radius 1 is 1.38 bits per heavy atom. The first-order chi connectivity index (χ1) is 12.6. The van der Waals surface area contributed by atoms with Crippen molar-refractivity contribution in [3.63, 3.8) is 0 Å². The van der Waals surface area contributed by atoms with Gasteiger partial charge in [0.15, 0.2) is 0 Å². The number of piperidine rings is 2. The van der Waals surface area contributed by atoms with Crippen molar-refractivity contribution in [2.24, 2.45) is 5.92 Å². The summed E-state index contributed by atoms with van der Waals surface area (Å²) >= 11 is 0. The molecule has 144 valence electrons. The lowest BCUT2D eigenvalue weighted by molar-refractivity contribution is -0.0800. The van der Waals surface area contributed by atoms with Crippen molar-refractivity contribution in [2.75, 3.05) is 39.3 Å². The van der Waals surface area contributed by atoms with Gasteiger partial charge in [-0.25, -0.2) is 4.79 Å². The van der Waals surface area contributed by atoms with Crippen LogP contribution in [0.1, 0.15) is 31.7 Å². The smallest absolute Gasteiger partial charge is 0.317 e. The minimum absolute atomic E-state index is 0.00989. The van der Waals surface area contributed by atoms with Crippen LogP contribution in [0.3, 0.4) is 0 Å². The molecule has 2 aliphatic rings. The van der Waals surface area contributed by atoms with E-state index < -0.39 is 5.60 Å². The van der Waals surface area contributed by atoms with E-state index >= 15 is 0 Å². The summed E-state index contributed by atoms with van der Waals surface area (Å²) in [4.78, 5) is 14.3. The molecule has 0 bridgehead atoms. The first kappa shape index (κ1) is 19.0. The largest absolute Gasteiger partial charge is 0.494 e. The SMILES string of the molecule is CCOc1ccc(CCCNC(=O)N2CC[C@@]3(O)CCNC[C@H]3C2)cc1. The molecule has 3 N–H and O–H groups in total. The lowest BCUT2D eigenvalue weighted by Gasteiger charge is -2.47. The Labute approximate surface area is 155 Å². The van der Waals surface area contributed by atoms with Crippen molar-refractivity contribution >= 4 is 6.03 Å². The number of carbonyl (C=O) groups excluding carboxylic acids is 1. The molecular weight excluding hydrogens is 330 g/mol. The molecule has 0 radical (unpaired) electrons. The van der Waals surface area contributed by atoms with Crippen LogP contribution in [-0.2, 0) is 6.42 Å². The normalized spacial score (nSPS) is 25.5. The maximum Gasteiger partial charge on any atom is 0.317 e. The summed E-state index contributed by atoms with van der Waals surface area (Å²) in [5.74, 6) is 1.03. The first-order valence-electron chi connectivity index (χ1n) is 9.78.